The maximum atomic E-state index is 15.6. The number of benzene rings is 4. The summed E-state index contributed by atoms with van der Waals surface area (Å²) < 4.78 is 242. The van der Waals surface area contributed by atoms with Gasteiger partial charge in [-0.15, -0.1) is 11.8 Å². The number of aromatic nitrogens is 1. The summed E-state index contributed by atoms with van der Waals surface area (Å²) in [4.78, 5) is 32.1. The molecule has 1 aliphatic heterocycles. The van der Waals surface area contributed by atoms with Crippen molar-refractivity contribution >= 4 is 28.6 Å². The SMILES string of the molecule is [2H]c1c([2H])c(F)c(F)c(C([2H])([2H])Sc2c([2H])c(=O)c3c([2H])c(C)c([2H])c([2H])c3n2C([2H])([2H])C(=O)N(Cc2c([2H])c([2H])c(-c3c([2H])c([2H])c(C(F)(F)F)c([2H])c3[2H])c([2H])c2[2H])C2CCN(CCOC)CC2)c1[2H]. The summed E-state index contributed by atoms with van der Waals surface area (Å²) in [6.45, 7) is -2.78. The number of hydrogen-bond donors (Lipinski definition) is 0. The minimum absolute atomic E-state index is 0.0196. The van der Waals surface area contributed by atoms with Gasteiger partial charge in [-0.1, -0.05) is 59.9 Å². The van der Waals surface area contributed by atoms with Gasteiger partial charge < -0.3 is 19.1 Å². The van der Waals surface area contributed by atoms with E-state index in [1.165, 1.54) is 7.11 Å². The Morgan fingerprint density at radius 2 is 1.66 bits per heavy atom. The molecule has 0 radical (unpaired) electrons. The van der Waals surface area contributed by atoms with E-state index in [1.807, 2.05) is 4.90 Å². The number of piperidine rings is 1. The average molecular weight is 769 g/mol. The normalized spacial score (nSPS) is 19.8. The van der Waals surface area contributed by atoms with Crippen molar-refractivity contribution < 1.29 is 57.5 Å². The zero-order chi connectivity index (χ0) is 54.3. The molecule has 1 amide bonds. The molecule has 0 bridgehead atoms. The number of rotatable bonds is 12. The van der Waals surface area contributed by atoms with Gasteiger partial charge >= 0.3 is 6.18 Å². The van der Waals surface area contributed by atoms with E-state index in [4.69, 9.17) is 28.0 Å². The van der Waals surface area contributed by atoms with Crippen molar-refractivity contribution in [1.82, 2.24) is 14.4 Å². The molecular weight excluding hydrogens is 710 g/mol. The standard InChI is InChI=1S/C41H40F5N3O3S/c1-27-6-15-36-34(22-27)37(50)23-39(53-26-31-4-3-5-35(42)40(31)43)49(36)25-38(51)48(33-16-18-47(19-17-33)20-21-52-2)24-28-7-9-29(10-8-28)30-11-13-32(14-12-30)41(44,45)46/h3-15,22-23,33H,16-21,24-26H2,1-2H3/i3D,4D,5D,6D,7D,8D,9D,10D,11D,12D,13D,14D,15D,22D,23D,25D2,26D2. The number of halogens is 5. The molecule has 0 atom stereocenters. The van der Waals surface area contributed by atoms with E-state index in [1.54, 1.807) is 0 Å². The van der Waals surface area contributed by atoms with Crippen LogP contribution in [0.4, 0.5) is 22.0 Å². The van der Waals surface area contributed by atoms with Crippen LogP contribution >= 0.6 is 11.8 Å². The number of fused-ring (bicyclic) bond motifs is 1. The molecule has 0 spiro atoms. The Balaban J connectivity index is 1.63. The van der Waals surface area contributed by atoms with Crippen molar-refractivity contribution in [2.45, 2.75) is 55.8 Å². The van der Waals surface area contributed by atoms with Gasteiger partial charge in [0.2, 0.25) is 5.91 Å². The molecule has 0 unspecified atom stereocenters. The Kier molecular flexibility index (Phi) is 6.54. The molecule has 4 aromatic carbocycles. The number of nitrogens with zero attached hydrogens (tertiary/aromatic N) is 3. The number of pyridine rings is 1. The van der Waals surface area contributed by atoms with Gasteiger partial charge in [-0.3, -0.25) is 9.59 Å². The molecule has 1 saturated heterocycles. The van der Waals surface area contributed by atoms with E-state index in [0.717, 1.165) is 11.8 Å². The third-order valence-electron chi connectivity index (χ3n) is 8.06. The zero-order valence-corrected chi connectivity index (χ0v) is 28.7. The molecule has 53 heavy (non-hydrogen) atoms. The predicted octanol–water partition coefficient (Wildman–Crippen LogP) is 8.71. The smallest absolute Gasteiger partial charge is 0.383 e. The maximum Gasteiger partial charge on any atom is 0.416 e. The molecule has 1 aromatic heterocycles. The quantitative estimate of drug-likeness (QED) is 0.0940. The van der Waals surface area contributed by atoms with Crippen molar-refractivity contribution in [1.29, 1.82) is 0 Å². The first-order valence-electron chi connectivity index (χ1n) is 25.3. The van der Waals surface area contributed by atoms with Gasteiger partial charge in [0.05, 0.1) is 46.0 Å². The zero-order valence-electron chi connectivity index (χ0n) is 46.9. The Morgan fingerprint density at radius 3 is 2.32 bits per heavy atom. The van der Waals surface area contributed by atoms with E-state index in [-0.39, 0.29) is 42.7 Å². The molecule has 0 N–H and O–H groups in total. The fourth-order valence-corrected chi connectivity index (χ4v) is 6.06. The van der Waals surface area contributed by atoms with Crippen LogP contribution < -0.4 is 5.43 Å². The fourth-order valence-electron chi connectivity index (χ4n) is 5.35. The second-order valence-corrected chi connectivity index (χ2v) is 12.4. The number of hydrogen-bond acceptors (Lipinski definition) is 5. The number of thioether (sulfide) groups is 1. The van der Waals surface area contributed by atoms with Crippen LogP contribution in [-0.4, -0.2) is 59.7 Å². The number of methoxy groups -OCH3 is 1. The van der Waals surface area contributed by atoms with Crippen molar-refractivity contribution in [3.63, 3.8) is 0 Å². The lowest BCUT2D eigenvalue weighted by molar-refractivity contribution is -0.137. The lowest BCUT2D eigenvalue weighted by atomic mass is 10.00. The summed E-state index contributed by atoms with van der Waals surface area (Å²) >= 11 is -0.451. The Morgan fingerprint density at radius 1 is 0.981 bits per heavy atom. The van der Waals surface area contributed by atoms with Crippen LogP contribution in [0.1, 0.15) is 61.1 Å². The monoisotopic (exact) mass is 768 g/mol. The van der Waals surface area contributed by atoms with Gasteiger partial charge in [-0.05, 0) is 66.7 Å². The molecule has 6 rings (SSSR count). The molecular formula is C41H40F5N3O3S. The molecule has 278 valence electrons. The molecule has 1 fully saturated rings. The third-order valence-corrected chi connectivity index (χ3v) is 8.84. The Bertz CT molecular complexity index is 3070. The molecule has 1 aliphatic rings. The van der Waals surface area contributed by atoms with E-state index < -0.39 is 200 Å². The summed E-state index contributed by atoms with van der Waals surface area (Å²) in [7, 11) is 1.45. The maximum absolute atomic E-state index is 15.6. The highest BCUT2D eigenvalue weighted by atomic mass is 32.2. The number of carbonyl (C=O) groups is 1. The van der Waals surface area contributed by atoms with Crippen molar-refractivity contribution in [3.8, 4) is 11.1 Å². The first-order chi connectivity index (χ1) is 33.2. The molecule has 6 nitrogen and oxygen atoms in total. The van der Waals surface area contributed by atoms with Crippen LogP contribution in [0, 0.1) is 18.6 Å². The van der Waals surface area contributed by atoms with Gasteiger partial charge in [0.15, 0.2) is 17.1 Å². The lowest BCUT2D eigenvalue weighted by Crippen LogP contribution is -2.48. The number of alkyl halides is 3. The minimum Gasteiger partial charge on any atom is -0.383 e. The average Bonchev–Trinajstić information content (AvgIpc) is 3.31. The summed E-state index contributed by atoms with van der Waals surface area (Å²) in [6.07, 6.45) is -5.42. The number of amides is 1. The first-order valence-corrected chi connectivity index (χ1v) is 16.6. The highest BCUT2D eigenvalue weighted by molar-refractivity contribution is 7.98. The fraction of sp³-hybridized carbons (Fsp3) is 0.317. The highest BCUT2D eigenvalue weighted by Crippen LogP contribution is 2.32. The second kappa shape index (κ2) is 16.7. The van der Waals surface area contributed by atoms with Crippen LogP contribution in [0.2, 0.25) is 0 Å². The molecule has 5 aromatic rings. The molecule has 0 aliphatic carbocycles. The van der Waals surface area contributed by atoms with Crippen LogP contribution in [0.5, 0.6) is 0 Å². The highest BCUT2D eigenvalue weighted by Gasteiger charge is 2.31. The lowest BCUT2D eigenvalue weighted by Gasteiger charge is -2.39. The van der Waals surface area contributed by atoms with Gasteiger partial charge in [0.25, 0.3) is 0 Å². The van der Waals surface area contributed by atoms with Crippen LogP contribution in [0.15, 0.2) is 100 Å². The van der Waals surface area contributed by atoms with E-state index in [0.29, 0.717) is 6.54 Å². The molecule has 2 heterocycles. The van der Waals surface area contributed by atoms with Gasteiger partial charge in [0.1, 0.15) is 6.50 Å². The summed E-state index contributed by atoms with van der Waals surface area (Å²) in [5.41, 5.74) is -12.7. The minimum atomic E-state index is -5.38. The van der Waals surface area contributed by atoms with Crippen molar-refractivity contribution in [2.75, 3.05) is 33.4 Å². The molecule has 0 saturated carbocycles. The van der Waals surface area contributed by atoms with E-state index >= 15 is 9.18 Å². The summed E-state index contributed by atoms with van der Waals surface area (Å²) in [5, 5.41) is -2.18. The third kappa shape index (κ3) is 9.17. The van der Waals surface area contributed by atoms with Gasteiger partial charge in [-0.2, -0.15) is 13.2 Å². The summed E-state index contributed by atoms with van der Waals surface area (Å²) in [6, 6.07) is -19.5. The summed E-state index contributed by atoms with van der Waals surface area (Å²) in [5.74, 6) is -5.95. The molecule has 12 heteroatoms. The van der Waals surface area contributed by atoms with Crippen molar-refractivity contribution in [2.24, 2.45) is 0 Å². The second-order valence-electron chi connectivity index (χ2n) is 11.6. The van der Waals surface area contributed by atoms with Crippen LogP contribution in [-0.2, 0) is 34.5 Å². The number of likely N-dealkylation sites (tertiary alicyclic amines) is 1. The number of carbonyl (C=O) groups excluding carboxylic acids is 1. The number of ether oxygens (including phenoxy) is 1. The van der Waals surface area contributed by atoms with E-state index in [9.17, 15) is 25.1 Å². The van der Waals surface area contributed by atoms with E-state index in [2.05, 4.69) is 0 Å². The van der Waals surface area contributed by atoms with Gasteiger partial charge in [0, 0.05) is 64.8 Å². The Hall–Kier alpha value is -4.52. The topological polar surface area (TPSA) is 54.8 Å². The first kappa shape index (κ1) is 20.8. The van der Waals surface area contributed by atoms with Gasteiger partial charge in [-0.25, -0.2) is 8.78 Å². The van der Waals surface area contributed by atoms with Crippen molar-refractivity contribution in [3.05, 3.63) is 135 Å². The van der Waals surface area contributed by atoms with Crippen LogP contribution in [0.3, 0.4) is 0 Å². The van der Waals surface area contributed by atoms with Crippen LogP contribution in [0.25, 0.3) is 22.0 Å². The largest absolute Gasteiger partial charge is 0.416 e. The predicted molar refractivity (Wildman–Crippen MR) is 198 cm³/mol. The Labute approximate surface area is 335 Å².